The van der Waals surface area contributed by atoms with Crippen LogP contribution in [0.3, 0.4) is 0 Å². The minimum absolute atomic E-state index is 0.120. The van der Waals surface area contributed by atoms with Crippen LogP contribution in [0.5, 0.6) is 11.8 Å². The van der Waals surface area contributed by atoms with Gasteiger partial charge >= 0.3 is 0 Å². The zero-order chi connectivity index (χ0) is 14.8. The summed E-state index contributed by atoms with van der Waals surface area (Å²) in [5.74, 6) is 0.273. The average molecular weight is 380 g/mol. The number of methoxy groups -OCH3 is 2. The van der Waals surface area contributed by atoms with Crippen molar-refractivity contribution in [1.82, 2.24) is 9.97 Å². The lowest BCUT2D eigenvalue weighted by molar-refractivity contribution is 0.373. The summed E-state index contributed by atoms with van der Waals surface area (Å²) in [5, 5.41) is 0. The third-order valence-corrected chi connectivity index (χ3v) is 5.58. The highest BCUT2D eigenvalue weighted by molar-refractivity contribution is 9.11. The Bertz CT molecular complexity index is 695. The molecule has 0 saturated heterocycles. The number of sulfonamides is 1. The quantitative estimate of drug-likeness (QED) is 0.855. The largest absolute Gasteiger partial charge is 0.481 e. The van der Waals surface area contributed by atoms with Crippen LogP contribution in [0.25, 0.3) is 0 Å². The van der Waals surface area contributed by atoms with E-state index in [9.17, 15) is 8.42 Å². The van der Waals surface area contributed by atoms with Crippen molar-refractivity contribution in [2.75, 3.05) is 18.9 Å². The summed E-state index contributed by atoms with van der Waals surface area (Å²) in [4.78, 5) is 7.81. The van der Waals surface area contributed by atoms with Gasteiger partial charge in [-0.05, 0) is 28.1 Å². The fourth-order valence-electron chi connectivity index (χ4n) is 1.27. The van der Waals surface area contributed by atoms with Crippen molar-refractivity contribution < 1.29 is 17.9 Å². The summed E-state index contributed by atoms with van der Waals surface area (Å²) in [6.07, 6.45) is 0. The maximum Gasteiger partial charge on any atom is 0.273 e. The van der Waals surface area contributed by atoms with Gasteiger partial charge in [-0.15, -0.1) is 11.3 Å². The lowest BCUT2D eigenvalue weighted by atomic mass is 10.6. The number of aromatic nitrogens is 2. The molecule has 0 fully saturated rings. The Hall–Kier alpha value is -1.39. The molecule has 0 saturated carbocycles. The molecular formula is C10H10BrN3O4S2. The Balaban J connectivity index is 2.33. The van der Waals surface area contributed by atoms with Crippen LogP contribution in [0, 0.1) is 0 Å². The van der Waals surface area contributed by atoms with E-state index in [2.05, 4.69) is 30.6 Å². The van der Waals surface area contributed by atoms with Gasteiger partial charge in [-0.1, -0.05) is 0 Å². The van der Waals surface area contributed by atoms with Crippen LogP contribution in [0.4, 0.5) is 5.95 Å². The van der Waals surface area contributed by atoms with Crippen LogP contribution in [-0.2, 0) is 10.0 Å². The molecule has 2 aromatic rings. The predicted molar refractivity (Wildman–Crippen MR) is 78.0 cm³/mol. The number of anilines is 1. The summed E-state index contributed by atoms with van der Waals surface area (Å²) in [6, 6.07) is 4.57. The monoisotopic (exact) mass is 379 g/mol. The molecular weight excluding hydrogens is 370 g/mol. The first kappa shape index (κ1) is 15.0. The number of hydrogen-bond acceptors (Lipinski definition) is 7. The molecule has 2 aromatic heterocycles. The molecule has 0 aromatic carbocycles. The molecule has 20 heavy (non-hydrogen) atoms. The van der Waals surface area contributed by atoms with E-state index >= 15 is 0 Å². The van der Waals surface area contributed by atoms with Crippen molar-refractivity contribution in [3.8, 4) is 11.8 Å². The molecule has 0 bridgehead atoms. The lowest BCUT2D eigenvalue weighted by Gasteiger charge is -2.08. The van der Waals surface area contributed by atoms with Gasteiger partial charge in [-0.2, -0.15) is 9.97 Å². The molecule has 7 nitrogen and oxygen atoms in total. The first-order valence-corrected chi connectivity index (χ1v) is 8.29. The molecule has 0 aliphatic carbocycles. The van der Waals surface area contributed by atoms with Crippen molar-refractivity contribution >= 4 is 43.2 Å². The molecule has 0 aliphatic heterocycles. The Morgan fingerprint density at radius 3 is 2.25 bits per heavy atom. The number of halogens is 1. The summed E-state index contributed by atoms with van der Waals surface area (Å²) in [7, 11) is -0.914. The van der Waals surface area contributed by atoms with Crippen LogP contribution in [-0.4, -0.2) is 32.6 Å². The van der Waals surface area contributed by atoms with Crippen molar-refractivity contribution in [3.63, 3.8) is 0 Å². The molecule has 2 heterocycles. The molecule has 0 spiro atoms. The number of hydrogen-bond donors (Lipinski definition) is 1. The Morgan fingerprint density at radius 1 is 1.20 bits per heavy atom. The second-order valence-electron chi connectivity index (χ2n) is 3.44. The third kappa shape index (κ3) is 3.38. The van der Waals surface area contributed by atoms with Gasteiger partial charge in [-0.25, -0.2) is 13.1 Å². The number of rotatable bonds is 5. The molecule has 0 aliphatic rings. The first-order valence-electron chi connectivity index (χ1n) is 5.20. The number of ether oxygens (including phenoxy) is 2. The van der Waals surface area contributed by atoms with E-state index < -0.39 is 10.0 Å². The molecule has 2 rings (SSSR count). The Labute approximate surface area is 128 Å². The predicted octanol–water partition coefficient (Wildman–Crippen LogP) is 2.12. The van der Waals surface area contributed by atoms with Crippen LogP contribution in [0.15, 0.2) is 26.2 Å². The maximum atomic E-state index is 12.1. The molecule has 1 N–H and O–H groups in total. The van der Waals surface area contributed by atoms with E-state index in [1.165, 1.54) is 26.4 Å². The summed E-state index contributed by atoms with van der Waals surface area (Å²) in [5.41, 5.74) is 0. The Kier molecular flexibility index (Phi) is 4.45. The van der Waals surface area contributed by atoms with Gasteiger partial charge in [0.25, 0.3) is 10.0 Å². The van der Waals surface area contributed by atoms with Crippen LogP contribution >= 0.6 is 27.3 Å². The first-order chi connectivity index (χ1) is 9.44. The van der Waals surface area contributed by atoms with E-state index in [4.69, 9.17) is 9.47 Å². The van der Waals surface area contributed by atoms with Crippen molar-refractivity contribution in [1.29, 1.82) is 0 Å². The van der Waals surface area contributed by atoms with Crippen LogP contribution in [0.1, 0.15) is 0 Å². The smallest absolute Gasteiger partial charge is 0.273 e. The molecule has 0 amide bonds. The van der Waals surface area contributed by atoms with Gasteiger partial charge in [0.2, 0.25) is 17.7 Å². The number of thiophene rings is 1. The molecule has 108 valence electrons. The molecule has 0 atom stereocenters. The highest BCUT2D eigenvalue weighted by Gasteiger charge is 2.19. The van der Waals surface area contributed by atoms with E-state index in [1.807, 2.05) is 0 Å². The van der Waals surface area contributed by atoms with Gasteiger partial charge in [0, 0.05) is 0 Å². The summed E-state index contributed by atoms with van der Waals surface area (Å²) in [6.45, 7) is 0. The van der Waals surface area contributed by atoms with Gasteiger partial charge in [0.05, 0.1) is 24.1 Å². The lowest BCUT2D eigenvalue weighted by Crippen LogP contribution is -2.14. The SMILES string of the molecule is COc1cc(OC)nc(NS(=O)(=O)c2ccc(Br)s2)n1. The normalized spacial score (nSPS) is 11.2. The Morgan fingerprint density at radius 2 is 1.80 bits per heavy atom. The van der Waals surface area contributed by atoms with Crippen LogP contribution < -0.4 is 14.2 Å². The van der Waals surface area contributed by atoms with Gasteiger partial charge < -0.3 is 9.47 Å². The zero-order valence-electron chi connectivity index (χ0n) is 10.5. The van der Waals surface area contributed by atoms with Gasteiger partial charge in [0.15, 0.2) is 0 Å². The van der Waals surface area contributed by atoms with Crippen molar-refractivity contribution in [2.45, 2.75) is 4.21 Å². The van der Waals surface area contributed by atoms with Crippen molar-refractivity contribution in [3.05, 3.63) is 22.0 Å². The number of nitrogens with one attached hydrogen (secondary N) is 1. The number of nitrogens with zero attached hydrogens (tertiary/aromatic N) is 2. The van der Waals surface area contributed by atoms with Crippen molar-refractivity contribution in [2.24, 2.45) is 0 Å². The minimum atomic E-state index is -3.74. The minimum Gasteiger partial charge on any atom is -0.481 e. The summed E-state index contributed by atoms with van der Waals surface area (Å²) >= 11 is 4.29. The third-order valence-electron chi connectivity index (χ3n) is 2.14. The van der Waals surface area contributed by atoms with Gasteiger partial charge in [0.1, 0.15) is 4.21 Å². The highest BCUT2D eigenvalue weighted by atomic mass is 79.9. The van der Waals surface area contributed by atoms with E-state index in [0.717, 1.165) is 11.3 Å². The van der Waals surface area contributed by atoms with E-state index in [-0.39, 0.29) is 21.9 Å². The molecule has 10 heteroatoms. The van der Waals surface area contributed by atoms with Crippen LogP contribution in [0.2, 0.25) is 0 Å². The highest BCUT2D eigenvalue weighted by Crippen LogP contribution is 2.27. The second kappa shape index (κ2) is 5.94. The average Bonchev–Trinajstić information content (AvgIpc) is 2.85. The fraction of sp³-hybridized carbons (Fsp3) is 0.200. The fourth-order valence-corrected chi connectivity index (χ4v) is 4.23. The second-order valence-corrected chi connectivity index (χ2v) is 7.81. The maximum absolute atomic E-state index is 12.1. The van der Waals surface area contributed by atoms with E-state index in [1.54, 1.807) is 6.07 Å². The molecule has 0 radical (unpaired) electrons. The summed E-state index contributed by atoms with van der Waals surface area (Å²) < 4.78 is 37.3. The molecule has 0 unspecified atom stereocenters. The topological polar surface area (TPSA) is 90.4 Å². The van der Waals surface area contributed by atoms with Gasteiger partial charge in [-0.3, -0.25) is 0 Å². The standard InChI is InChI=1S/C10H10BrN3O4S2/c1-17-7-5-8(18-2)13-10(12-7)14-20(15,16)9-4-3-6(11)19-9/h3-5H,1-2H3,(H,12,13,14). The zero-order valence-corrected chi connectivity index (χ0v) is 13.7. The van der Waals surface area contributed by atoms with E-state index in [0.29, 0.717) is 3.79 Å².